The first-order chi connectivity index (χ1) is 7.20. The SMILES string of the molecule is CC(C)(N)CS(=O)(=O)CC(=O)N1CCCC1. The molecule has 1 aliphatic heterocycles. The van der Waals surface area contributed by atoms with Crippen molar-refractivity contribution >= 4 is 15.7 Å². The smallest absolute Gasteiger partial charge is 0.237 e. The topological polar surface area (TPSA) is 80.5 Å². The summed E-state index contributed by atoms with van der Waals surface area (Å²) < 4.78 is 23.4. The van der Waals surface area contributed by atoms with Gasteiger partial charge in [-0.2, -0.15) is 0 Å². The molecule has 0 aromatic rings. The van der Waals surface area contributed by atoms with Gasteiger partial charge in [0.1, 0.15) is 5.75 Å². The second kappa shape index (κ2) is 4.71. The molecule has 1 saturated heterocycles. The average molecular weight is 248 g/mol. The molecule has 1 rings (SSSR count). The summed E-state index contributed by atoms with van der Waals surface area (Å²) in [5.41, 5.74) is 4.86. The first-order valence-corrected chi connectivity index (χ1v) is 7.29. The largest absolute Gasteiger partial charge is 0.342 e. The second-order valence-electron chi connectivity index (χ2n) is 5.11. The van der Waals surface area contributed by atoms with Crippen LogP contribution in [0.3, 0.4) is 0 Å². The lowest BCUT2D eigenvalue weighted by molar-refractivity contribution is -0.127. The number of nitrogens with zero attached hydrogens (tertiary/aromatic N) is 1. The van der Waals surface area contributed by atoms with Gasteiger partial charge < -0.3 is 10.6 Å². The first-order valence-electron chi connectivity index (χ1n) is 5.47. The Bertz CT molecular complexity index is 351. The van der Waals surface area contributed by atoms with E-state index in [0.717, 1.165) is 12.8 Å². The lowest BCUT2D eigenvalue weighted by atomic mass is 10.1. The molecule has 0 aromatic heterocycles. The van der Waals surface area contributed by atoms with Crippen molar-refractivity contribution in [3.05, 3.63) is 0 Å². The summed E-state index contributed by atoms with van der Waals surface area (Å²) in [6.07, 6.45) is 1.93. The van der Waals surface area contributed by atoms with E-state index in [4.69, 9.17) is 5.73 Å². The summed E-state index contributed by atoms with van der Waals surface area (Å²) in [4.78, 5) is 13.3. The molecule has 1 aliphatic rings. The number of likely N-dealkylation sites (tertiary alicyclic amines) is 1. The van der Waals surface area contributed by atoms with Gasteiger partial charge in [0, 0.05) is 18.6 Å². The van der Waals surface area contributed by atoms with Gasteiger partial charge in [-0.25, -0.2) is 8.42 Å². The second-order valence-corrected chi connectivity index (χ2v) is 7.17. The van der Waals surface area contributed by atoms with Crippen molar-refractivity contribution in [1.29, 1.82) is 0 Å². The molecule has 0 unspecified atom stereocenters. The Morgan fingerprint density at radius 2 is 1.81 bits per heavy atom. The van der Waals surface area contributed by atoms with E-state index in [9.17, 15) is 13.2 Å². The standard InChI is InChI=1S/C10H20N2O3S/c1-10(2,11)8-16(14,15)7-9(13)12-5-3-4-6-12/h3-8,11H2,1-2H3. The molecule has 16 heavy (non-hydrogen) atoms. The third-order valence-corrected chi connectivity index (χ3v) is 4.26. The fourth-order valence-corrected chi connectivity index (χ4v) is 3.66. The van der Waals surface area contributed by atoms with Crippen LogP contribution in [0.4, 0.5) is 0 Å². The van der Waals surface area contributed by atoms with E-state index in [2.05, 4.69) is 0 Å². The molecule has 0 radical (unpaired) electrons. The van der Waals surface area contributed by atoms with Crippen molar-refractivity contribution in [2.75, 3.05) is 24.6 Å². The van der Waals surface area contributed by atoms with Gasteiger partial charge in [0.05, 0.1) is 5.75 Å². The molecule has 94 valence electrons. The van der Waals surface area contributed by atoms with E-state index in [1.807, 2.05) is 0 Å². The summed E-state index contributed by atoms with van der Waals surface area (Å²) in [7, 11) is -3.39. The summed E-state index contributed by atoms with van der Waals surface area (Å²) in [6, 6.07) is 0. The number of nitrogens with two attached hydrogens (primary N) is 1. The lowest BCUT2D eigenvalue weighted by Crippen LogP contribution is -2.43. The van der Waals surface area contributed by atoms with E-state index in [-0.39, 0.29) is 11.7 Å². The van der Waals surface area contributed by atoms with Crippen molar-refractivity contribution in [2.24, 2.45) is 5.73 Å². The van der Waals surface area contributed by atoms with Crippen molar-refractivity contribution in [3.63, 3.8) is 0 Å². The fourth-order valence-electron chi connectivity index (χ4n) is 1.86. The number of carbonyl (C=O) groups is 1. The van der Waals surface area contributed by atoms with Crippen LogP contribution in [0.2, 0.25) is 0 Å². The zero-order valence-corrected chi connectivity index (χ0v) is 10.7. The van der Waals surface area contributed by atoms with Crippen molar-refractivity contribution in [3.8, 4) is 0 Å². The van der Waals surface area contributed by atoms with Crippen LogP contribution >= 0.6 is 0 Å². The average Bonchev–Trinajstić information content (AvgIpc) is 2.48. The highest BCUT2D eigenvalue weighted by Crippen LogP contribution is 2.10. The molecule has 0 aromatic carbocycles. The van der Waals surface area contributed by atoms with E-state index in [1.165, 1.54) is 0 Å². The van der Waals surface area contributed by atoms with Crippen LogP contribution in [0, 0.1) is 0 Å². The molecule has 1 amide bonds. The Morgan fingerprint density at radius 1 is 1.31 bits per heavy atom. The maximum atomic E-state index is 11.7. The molecule has 2 N–H and O–H groups in total. The fraction of sp³-hybridized carbons (Fsp3) is 0.900. The van der Waals surface area contributed by atoms with Crippen LogP contribution in [-0.2, 0) is 14.6 Å². The van der Waals surface area contributed by atoms with E-state index in [0.29, 0.717) is 13.1 Å². The molecule has 0 saturated carbocycles. The Labute approximate surface area is 96.9 Å². The van der Waals surface area contributed by atoms with Crippen molar-refractivity contribution < 1.29 is 13.2 Å². The molecular formula is C10H20N2O3S. The third-order valence-electron chi connectivity index (χ3n) is 2.39. The normalized spacial score (nSPS) is 17.8. The first kappa shape index (κ1) is 13.4. The van der Waals surface area contributed by atoms with E-state index < -0.39 is 21.1 Å². The minimum Gasteiger partial charge on any atom is -0.342 e. The molecule has 1 heterocycles. The Morgan fingerprint density at radius 3 is 2.25 bits per heavy atom. The third kappa shape index (κ3) is 4.49. The van der Waals surface area contributed by atoms with Crippen LogP contribution in [0.25, 0.3) is 0 Å². The quantitative estimate of drug-likeness (QED) is 0.744. The number of rotatable bonds is 4. The predicted molar refractivity (Wildman–Crippen MR) is 62.7 cm³/mol. The van der Waals surface area contributed by atoms with Gasteiger partial charge in [-0.15, -0.1) is 0 Å². The molecule has 1 fully saturated rings. The van der Waals surface area contributed by atoms with Crippen LogP contribution in [0.5, 0.6) is 0 Å². The number of amides is 1. The van der Waals surface area contributed by atoms with Crippen LogP contribution in [0.1, 0.15) is 26.7 Å². The molecular weight excluding hydrogens is 228 g/mol. The number of sulfone groups is 1. The van der Waals surface area contributed by atoms with Gasteiger partial charge in [0.15, 0.2) is 9.84 Å². The highest BCUT2D eigenvalue weighted by Gasteiger charge is 2.27. The van der Waals surface area contributed by atoms with Gasteiger partial charge in [0.25, 0.3) is 0 Å². The van der Waals surface area contributed by atoms with E-state index >= 15 is 0 Å². The molecule has 0 bridgehead atoms. The Kier molecular flexibility index (Phi) is 3.96. The number of carbonyl (C=O) groups excluding carboxylic acids is 1. The molecule has 5 nitrogen and oxygen atoms in total. The van der Waals surface area contributed by atoms with Gasteiger partial charge in [-0.05, 0) is 26.7 Å². The van der Waals surface area contributed by atoms with Gasteiger partial charge in [-0.1, -0.05) is 0 Å². The zero-order chi connectivity index (χ0) is 12.4. The minimum absolute atomic E-state index is 0.153. The summed E-state index contributed by atoms with van der Waals surface area (Å²) >= 11 is 0. The highest BCUT2D eigenvalue weighted by atomic mass is 32.2. The molecule has 0 atom stereocenters. The van der Waals surface area contributed by atoms with Crippen LogP contribution in [0.15, 0.2) is 0 Å². The minimum atomic E-state index is -3.39. The monoisotopic (exact) mass is 248 g/mol. The van der Waals surface area contributed by atoms with E-state index in [1.54, 1.807) is 18.7 Å². The number of hydrogen-bond donors (Lipinski definition) is 1. The van der Waals surface area contributed by atoms with Crippen LogP contribution in [-0.4, -0.2) is 49.4 Å². The molecule has 0 aliphatic carbocycles. The molecule has 0 spiro atoms. The van der Waals surface area contributed by atoms with Crippen LogP contribution < -0.4 is 5.73 Å². The summed E-state index contributed by atoms with van der Waals surface area (Å²) in [5, 5.41) is 0. The summed E-state index contributed by atoms with van der Waals surface area (Å²) in [6.45, 7) is 4.65. The van der Waals surface area contributed by atoms with Crippen molar-refractivity contribution in [2.45, 2.75) is 32.2 Å². The Balaban J connectivity index is 2.55. The van der Waals surface area contributed by atoms with Gasteiger partial charge in [-0.3, -0.25) is 4.79 Å². The van der Waals surface area contributed by atoms with Gasteiger partial charge in [0.2, 0.25) is 5.91 Å². The Hall–Kier alpha value is -0.620. The predicted octanol–water partition coefficient (Wildman–Crippen LogP) is -0.239. The summed E-state index contributed by atoms with van der Waals surface area (Å²) in [5.74, 6) is -0.852. The number of hydrogen-bond acceptors (Lipinski definition) is 4. The van der Waals surface area contributed by atoms with Crippen molar-refractivity contribution in [1.82, 2.24) is 4.90 Å². The van der Waals surface area contributed by atoms with Gasteiger partial charge >= 0.3 is 0 Å². The maximum absolute atomic E-state index is 11.7. The molecule has 6 heteroatoms. The highest BCUT2D eigenvalue weighted by molar-refractivity contribution is 7.92. The lowest BCUT2D eigenvalue weighted by Gasteiger charge is -2.20. The maximum Gasteiger partial charge on any atom is 0.237 e. The zero-order valence-electron chi connectivity index (χ0n) is 9.90.